The number of fused-ring (bicyclic) bond motifs is 2. The maximum absolute atomic E-state index is 9.72. The number of nitrogens with one attached hydrogen (secondary N) is 1. The fourth-order valence-electron chi connectivity index (χ4n) is 3.38. The summed E-state index contributed by atoms with van der Waals surface area (Å²) in [7, 11) is 1.61. The van der Waals surface area contributed by atoms with Crippen molar-refractivity contribution in [3.05, 3.63) is 70.7 Å². The van der Waals surface area contributed by atoms with Crippen molar-refractivity contribution in [1.82, 2.24) is 10.2 Å². The summed E-state index contributed by atoms with van der Waals surface area (Å²) in [5.41, 5.74) is 8.94. The normalized spacial score (nSPS) is 16.4. The molecule has 2 heterocycles. The largest absolute Gasteiger partial charge is 0.420 e. The van der Waals surface area contributed by atoms with Crippen molar-refractivity contribution in [3.63, 3.8) is 0 Å². The van der Waals surface area contributed by atoms with E-state index in [9.17, 15) is 5.26 Å². The SMILES string of the molecule is COCc1[nH]nc2c1C(c1cccc3ccccc13)C(C#N)=C(N)O2. The molecule has 124 valence electrons. The Balaban J connectivity index is 2.02. The Bertz CT molecular complexity index is 1020. The number of nitriles is 1. The first-order valence-corrected chi connectivity index (χ1v) is 7.86. The minimum atomic E-state index is -0.358. The second kappa shape index (κ2) is 5.96. The van der Waals surface area contributed by atoms with Crippen LogP contribution >= 0.6 is 0 Å². The molecule has 25 heavy (non-hydrogen) atoms. The third kappa shape index (κ3) is 2.33. The highest BCUT2D eigenvalue weighted by atomic mass is 16.5. The van der Waals surface area contributed by atoms with Gasteiger partial charge in [-0.25, -0.2) is 0 Å². The van der Waals surface area contributed by atoms with E-state index in [0.717, 1.165) is 27.6 Å². The fraction of sp³-hybridized carbons (Fsp3) is 0.158. The zero-order valence-electron chi connectivity index (χ0n) is 13.6. The number of H-pyrrole nitrogens is 1. The van der Waals surface area contributed by atoms with Crippen LogP contribution in [-0.2, 0) is 11.3 Å². The zero-order chi connectivity index (χ0) is 17.4. The van der Waals surface area contributed by atoms with Gasteiger partial charge in [0.05, 0.1) is 23.8 Å². The Labute approximate surface area is 144 Å². The predicted molar refractivity (Wildman–Crippen MR) is 92.5 cm³/mol. The van der Waals surface area contributed by atoms with Crippen molar-refractivity contribution in [2.24, 2.45) is 5.73 Å². The maximum atomic E-state index is 9.72. The van der Waals surface area contributed by atoms with Gasteiger partial charge in [-0.05, 0) is 16.3 Å². The van der Waals surface area contributed by atoms with Crippen LogP contribution in [0.4, 0.5) is 0 Å². The Morgan fingerprint density at radius 3 is 2.88 bits per heavy atom. The second-order valence-corrected chi connectivity index (χ2v) is 5.85. The molecule has 3 aromatic rings. The summed E-state index contributed by atoms with van der Waals surface area (Å²) in [4.78, 5) is 0. The molecule has 0 amide bonds. The summed E-state index contributed by atoms with van der Waals surface area (Å²) < 4.78 is 10.8. The number of aromatic nitrogens is 2. The molecule has 4 rings (SSSR count). The number of nitrogens with two attached hydrogens (primary N) is 1. The van der Waals surface area contributed by atoms with Gasteiger partial charge in [-0.2, -0.15) is 5.26 Å². The Morgan fingerprint density at radius 2 is 2.08 bits per heavy atom. The van der Waals surface area contributed by atoms with Crippen LogP contribution < -0.4 is 10.5 Å². The number of benzene rings is 2. The highest BCUT2D eigenvalue weighted by Crippen LogP contribution is 2.44. The molecule has 0 bridgehead atoms. The van der Waals surface area contributed by atoms with Crippen LogP contribution in [0.5, 0.6) is 5.88 Å². The van der Waals surface area contributed by atoms with Crippen molar-refractivity contribution in [2.45, 2.75) is 12.5 Å². The van der Waals surface area contributed by atoms with Crippen molar-refractivity contribution in [1.29, 1.82) is 5.26 Å². The quantitative estimate of drug-likeness (QED) is 0.768. The number of aromatic amines is 1. The van der Waals surface area contributed by atoms with Gasteiger partial charge < -0.3 is 15.2 Å². The van der Waals surface area contributed by atoms with E-state index in [2.05, 4.69) is 16.3 Å². The average Bonchev–Trinajstić information content (AvgIpc) is 3.03. The highest BCUT2D eigenvalue weighted by Gasteiger charge is 2.35. The maximum Gasteiger partial charge on any atom is 0.244 e. The van der Waals surface area contributed by atoms with Crippen LogP contribution in [0.1, 0.15) is 22.7 Å². The highest BCUT2D eigenvalue weighted by molar-refractivity contribution is 5.87. The Morgan fingerprint density at radius 1 is 1.28 bits per heavy atom. The molecular formula is C19H16N4O2. The molecule has 2 aromatic carbocycles. The van der Waals surface area contributed by atoms with Gasteiger partial charge in [-0.15, -0.1) is 5.10 Å². The molecule has 6 nitrogen and oxygen atoms in total. The van der Waals surface area contributed by atoms with E-state index in [0.29, 0.717) is 18.1 Å². The van der Waals surface area contributed by atoms with Gasteiger partial charge in [-0.1, -0.05) is 42.5 Å². The third-order valence-electron chi connectivity index (χ3n) is 4.44. The fourth-order valence-corrected chi connectivity index (χ4v) is 3.38. The summed E-state index contributed by atoms with van der Waals surface area (Å²) in [6.07, 6.45) is 0. The minimum absolute atomic E-state index is 0.0865. The number of allylic oxidation sites excluding steroid dienone is 1. The number of hydrogen-bond donors (Lipinski definition) is 2. The van der Waals surface area contributed by atoms with Crippen molar-refractivity contribution >= 4 is 10.8 Å². The number of ether oxygens (including phenoxy) is 2. The average molecular weight is 332 g/mol. The zero-order valence-corrected chi connectivity index (χ0v) is 13.6. The number of rotatable bonds is 3. The van der Waals surface area contributed by atoms with Crippen LogP contribution in [0.3, 0.4) is 0 Å². The lowest BCUT2D eigenvalue weighted by molar-refractivity contribution is 0.180. The standard InChI is InChI=1S/C19H16N4O2/c1-24-10-15-17-16(14(9-20)18(21)25-19(17)23-22-15)13-8-4-6-11-5-2-3-7-12(11)13/h2-8,16H,10,21H2,1H3,(H,22,23). The molecule has 1 aromatic heterocycles. The lowest BCUT2D eigenvalue weighted by Gasteiger charge is -2.25. The molecular weight excluding hydrogens is 316 g/mol. The first-order chi connectivity index (χ1) is 12.2. The van der Waals surface area contributed by atoms with Crippen molar-refractivity contribution in [2.75, 3.05) is 7.11 Å². The van der Waals surface area contributed by atoms with E-state index in [1.807, 2.05) is 42.5 Å². The summed E-state index contributed by atoms with van der Waals surface area (Å²) in [6, 6.07) is 16.3. The van der Waals surface area contributed by atoms with E-state index in [1.165, 1.54) is 0 Å². The van der Waals surface area contributed by atoms with E-state index in [-0.39, 0.29) is 11.8 Å². The predicted octanol–water partition coefficient (Wildman–Crippen LogP) is 2.93. The molecule has 1 unspecified atom stereocenters. The molecule has 3 N–H and O–H groups in total. The van der Waals surface area contributed by atoms with Gasteiger partial charge in [0.2, 0.25) is 11.8 Å². The number of hydrogen-bond acceptors (Lipinski definition) is 5. The summed E-state index contributed by atoms with van der Waals surface area (Å²) >= 11 is 0. The van der Waals surface area contributed by atoms with E-state index < -0.39 is 0 Å². The Hall–Kier alpha value is -3.30. The van der Waals surface area contributed by atoms with Crippen molar-refractivity contribution < 1.29 is 9.47 Å². The Kier molecular flexibility index (Phi) is 3.64. The summed E-state index contributed by atoms with van der Waals surface area (Å²) in [5.74, 6) is 0.119. The van der Waals surface area contributed by atoms with Crippen LogP contribution in [0, 0.1) is 11.3 Å². The first kappa shape index (κ1) is 15.2. The van der Waals surface area contributed by atoms with Crippen molar-refractivity contribution in [3.8, 4) is 11.9 Å². The molecule has 6 heteroatoms. The topological polar surface area (TPSA) is 97.0 Å². The van der Waals surface area contributed by atoms with Gasteiger partial charge >= 0.3 is 0 Å². The number of nitrogens with zero attached hydrogens (tertiary/aromatic N) is 2. The van der Waals surface area contributed by atoms with Gasteiger partial charge in [0, 0.05) is 7.11 Å². The van der Waals surface area contributed by atoms with Crippen LogP contribution in [0.15, 0.2) is 53.9 Å². The van der Waals surface area contributed by atoms with Gasteiger partial charge in [0.1, 0.15) is 11.6 Å². The van der Waals surface area contributed by atoms with Crippen LogP contribution in [0.25, 0.3) is 10.8 Å². The van der Waals surface area contributed by atoms with Gasteiger partial charge in [0.15, 0.2) is 0 Å². The van der Waals surface area contributed by atoms with E-state index >= 15 is 0 Å². The summed E-state index contributed by atoms with van der Waals surface area (Å²) in [5, 5.41) is 19.0. The summed E-state index contributed by atoms with van der Waals surface area (Å²) in [6.45, 7) is 0.339. The molecule has 0 aliphatic carbocycles. The van der Waals surface area contributed by atoms with Crippen LogP contribution in [0.2, 0.25) is 0 Å². The van der Waals surface area contributed by atoms with Crippen LogP contribution in [-0.4, -0.2) is 17.3 Å². The molecule has 1 aliphatic heterocycles. The second-order valence-electron chi connectivity index (χ2n) is 5.85. The van der Waals surface area contributed by atoms with E-state index in [1.54, 1.807) is 7.11 Å². The molecule has 0 spiro atoms. The molecule has 1 atom stereocenters. The van der Waals surface area contributed by atoms with Gasteiger partial charge in [-0.3, -0.25) is 5.10 Å². The lowest BCUT2D eigenvalue weighted by Crippen LogP contribution is -2.21. The smallest absolute Gasteiger partial charge is 0.244 e. The van der Waals surface area contributed by atoms with E-state index in [4.69, 9.17) is 15.2 Å². The lowest BCUT2D eigenvalue weighted by atomic mass is 9.82. The third-order valence-corrected chi connectivity index (χ3v) is 4.44. The first-order valence-electron chi connectivity index (χ1n) is 7.86. The minimum Gasteiger partial charge on any atom is -0.420 e. The number of methoxy groups -OCH3 is 1. The van der Waals surface area contributed by atoms with Gasteiger partial charge in [0.25, 0.3) is 0 Å². The molecule has 0 radical (unpaired) electrons. The molecule has 0 saturated carbocycles. The molecule has 0 saturated heterocycles. The molecule has 0 fully saturated rings. The molecule has 1 aliphatic rings. The monoisotopic (exact) mass is 332 g/mol.